The second-order valence-corrected chi connectivity index (χ2v) is 36.1. The van der Waals surface area contributed by atoms with Crippen molar-refractivity contribution in [2.24, 2.45) is 0 Å². The van der Waals surface area contributed by atoms with E-state index in [0.717, 1.165) is 140 Å². The molecule has 0 radical (unpaired) electrons. The van der Waals surface area contributed by atoms with E-state index in [4.69, 9.17) is 39.2 Å². The summed E-state index contributed by atoms with van der Waals surface area (Å²) in [5.74, 6) is 2.19. The van der Waals surface area contributed by atoms with Crippen molar-refractivity contribution in [2.75, 3.05) is 0 Å². The molecule has 16 heteroatoms. The maximum Gasteiger partial charge on any atom is 0.494 e. The van der Waals surface area contributed by atoms with Crippen molar-refractivity contribution in [1.29, 1.82) is 0 Å². The molecular formula is C102H71BBr2IN7O2S3. The van der Waals surface area contributed by atoms with Crippen LogP contribution in [0.2, 0.25) is 0 Å². The van der Waals surface area contributed by atoms with Crippen molar-refractivity contribution in [3.05, 3.63) is 370 Å². The molecule has 21 aromatic rings. The summed E-state index contributed by atoms with van der Waals surface area (Å²) in [5, 5.41) is 6.03. The number of hydrogen-bond donors (Lipinski definition) is 0. The first kappa shape index (κ1) is 76.4. The van der Waals surface area contributed by atoms with Gasteiger partial charge in [0.1, 0.15) is 0 Å². The van der Waals surface area contributed by atoms with Gasteiger partial charge in [0.2, 0.25) is 0 Å². The van der Waals surface area contributed by atoms with E-state index in [2.05, 4.69) is 396 Å². The molecule has 0 N–H and O–H groups in total. The fourth-order valence-electron chi connectivity index (χ4n) is 15.2. The van der Waals surface area contributed by atoms with Gasteiger partial charge in [-0.25, -0.2) is 29.9 Å². The SMILES string of the molecule is Brc1cccc(-c2cccc(-c3nc(-c4ccccc4)c4sc5ccccc5c4n3)c2)c1.Brc1cccc(I)c1.CC1(C)OB(c2cccc(-c3nc(-c4ccccc4)c4sc5ccccc5c4n3)c2)OC1(C)C.c1ccc(-c2nc(-c3cccc(-c4cccc(-n5c6ccccc6c6ccccc65)c4)c3)nc3c2sc2ccccc23)cc1. The average molecular weight is 1820 g/mol. The average Bonchev–Trinajstić information content (AvgIpc) is 1.60. The number of aromatic nitrogens is 7. The predicted octanol–water partition coefficient (Wildman–Crippen LogP) is 29.1. The van der Waals surface area contributed by atoms with Gasteiger partial charge in [0.05, 0.1) is 70.0 Å². The van der Waals surface area contributed by atoms with Gasteiger partial charge in [0, 0.05) is 92.6 Å². The zero-order valence-corrected chi connectivity index (χ0v) is 72.2. The lowest BCUT2D eigenvalue weighted by molar-refractivity contribution is 0.00578. The van der Waals surface area contributed by atoms with Crippen molar-refractivity contribution in [3.8, 4) is 95.9 Å². The largest absolute Gasteiger partial charge is 0.494 e. The number of thiophene rings is 3. The molecule has 9 nitrogen and oxygen atoms in total. The quantitative estimate of drug-likeness (QED) is 0.0986. The molecule has 7 aromatic heterocycles. The van der Waals surface area contributed by atoms with E-state index in [1.807, 2.05) is 48.5 Å². The van der Waals surface area contributed by atoms with Gasteiger partial charge >= 0.3 is 7.12 Å². The molecule has 0 unspecified atom stereocenters. The molecule has 0 bridgehead atoms. The van der Waals surface area contributed by atoms with E-state index in [-0.39, 0.29) is 11.2 Å². The molecule has 0 amide bonds. The smallest absolute Gasteiger partial charge is 0.399 e. The van der Waals surface area contributed by atoms with Crippen molar-refractivity contribution < 1.29 is 9.31 Å². The van der Waals surface area contributed by atoms with Gasteiger partial charge in [0.15, 0.2) is 17.5 Å². The first-order chi connectivity index (χ1) is 57.7. The zero-order chi connectivity index (χ0) is 80.0. The molecule has 1 fully saturated rings. The van der Waals surface area contributed by atoms with Crippen LogP contribution >= 0.6 is 88.5 Å². The number of fused-ring (bicyclic) bond motifs is 12. The summed E-state index contributed by atoms with van der Waals surface area (Å²) in [5.41, 5.74) is 20.5. The Morgan fingerprint density at radius 3 is 1.03 bits per heavy atom. The van der Waals surface area contributed by atoms with Crippen LogP contribution in [-0.2, 0) is 9.31 Å². The molecule has 0 atom stereocenters. The normalized spacial score (nSPS) is 12.9. The van der Waals surface area contributed by atoms with E-state index in [0.29, 0.717) is 5.82 Å². The van der Waals surface area contributed by atoms with Gasteiger partial charge in [-0.05, 0) is 163 Å². The van der Waals surface area contributed by atoms with Gasteiger partial charge in [0.25, 0.3) is 0 Å². The molecule has 1 aliphatic rings. The molecule has 8 heterocycles. The van der Waals surface area contributed by atoms with Crippen molar-refractivity contribution in [3.63, 3.8) is 0 Å². The number of rotatable bonds is 10. The summed E-state index contributed by atoms with van der Waals surface area (Å²) >= 11 is 14.5. The van der Waals surface area contributed by atoms with Crippen LogP contribution in [0.25, 0.3) is 179 Å². The molecule has 0 saturated carbocycles. The second-order valence-electron chi connectivity index (χ2n) is 29.9. The molecule has 1 saturated heterocycles. The van der Waals surface area contributed by atoms with Crippen LogP contribution < -0.4 is 5.46 Å². The molecule has 568 valence electrons. The summed E-state index contributed by atoms with van der Waals surface area (Å²) in [7, 11) is -0.427. The Bertz CT molecular complexity index is 7280. The summed E-state index contributed by atoms with van der Waals surface area (Å²) in [6.07, 6.45) is 0. The molecule has 118 heavy (non-hydrogen) atoms. The van der Waals surface area contributed by atoms with Crippen molar-refractivity contribution in [2.45, 2.75) is 38.9 Å². The Morgan fingerprint density at radius 1 is 0.297 bits per heavy atom. The molecule has 22 rings (SSSR count). The molecule has 14 aromatic carbocycles. The highest BCUT2D eigenvalue weighted by molar-refractivity contribution is 14.1. The molecule has 0 aliphatic carbocycles. The van der Waals surface area contributed by atoms with Crippen LogP contribution in [0.5, 0.6) is 0 Å². The Balaban J connectivity index is 0.000000114. The highest BCUT2D eigenvalue weighted by Crippen LogP contribution is 2.45. The first-order valence-corrected chi connectivity index (χ1v) is 44.0. The molecule has 1 aliphatic heterocycles. The maximum atomic E-state index is 6.29. The maximum absolute atomic E-state index is 6.29. The van der Waals surface area contributed by atoms with Crippen LogP contribution in [0.15, 0.2) is 367 Å². The standard InChI is InChI=1S/C40H25N3S.C28H25BN2O2S.C28H17BrN2S.C6H4BrI/c1-2-12-26(13-3-1)37-39-38(33-20-6-9-23-36(33)44-39)42-40(41-37)29-16-10-14-27(24-29)28-15-11-17-30(25-28)43-34-21-7-4-18-31(34)32-19-5-8-22-35(32)43;1-27(2)28(3,4)33-29(32-27)20-14-10-13-19(17-20)26-30-23(18-11-6-5-7-12-18)25-24(31-26)21-15-8-9-16-22(21)34-25;29-22-13-7-11-20(17-22)19-10-6-12-21(16-19)28-30-25(18-8-2-1-3-9-18)27-26(31-28)23-14-4-5-15-24(23)32-27;7-5-2-1-3-6(8)4-5/h1-25H;5-17H,1-4H3;1-17H;1-4H. The number of nitrogens with zero attached hydrogens (tertiary/aromatic N) is 7. The third kappa shape index (κ3) is 15.3. The fourth-order valence-corrected chi connectivity index (χ4v) is 20.4. The predicted molar refractivity (Wildman–Crippen MR) is 513 cm³/mol. The fraction of sp³-hybridized carbons (Fsp3) is 0.0588. The Hall–Kier alpha value is -11.5. The summed E-state index contributed by atoms with van der Waals surface area (Å²) in [4.78, 5) is 30.7. The van der Waals surface area contributed by atoms with Gasteiger partial charge < -0.3 is 13.9 Å². The van der Waals surface area contributed by atoms with Crippen LogP contribution in [0.3, 0.4) is 0 Å². The van der Waals surface area contributed by atoms with E-state index < -0.39 is 7.12 Å². The van der Waals surface area contributed by atoms with Crippen molar-refractivity contribution in [1.82, 2.24) is 34.5 Å². The number of halogens is 3. The van der Waals surface area contributed by atoms with Crippen LogP contribution in [0.1, 0.15) is 27.7 Å². The van der Waals surface area contributed by atoms with E-state index in [9.17, 15) is 0 Å². The van der Waals surface area contributed by atoms with Gasteiger partial charge in [-0.15, -0.1) is 34.0 Å². The van der Waals surface area contributed by atoms with Crippen molar-refractivity contribution >= 4 is 184 Å². The lowest BCUT2D eigenvalue weighted by atomic mass is 9.78. The minimum Gasteiger partial charge on any atom is -0.399 e. The lowest BCUT2D eigenvalue weighted by Crippen LogP contribution is -2.41. The second kappa shape index (κ2) is 32.7. The Morgan fingerprint density at radius 2 is 0.619 bits per heavy atom. The molecular weight excluding hydrogens is 1750 g/mol. The Labute approximate surface area is 726 Å². The minimum absolute atomic E-state index is 0.390. The van der Waals surface area contributed by atoms with E-state index in [1.54, 1.807) is 34.0 Å². The minimum atomic E-state index is -0.427. The number of benzene rings is 14. The van der Waals surface area contributed by atoms with Gasteiger partial charge in [-0.1, -0.05) is 305 Å². The highest BCUT2D eigenvalue weighted by atomic mass is 127. The topological polar surface area (TPSA) is 101 Å². The third-order valence-corrected chi connectivity index (χ3v) is 26.8. The lowest BCUT2D eigenvalue weighted by Gasteiger charge is -2.32. The van der Waals surface area contributed by atoms with Crippen LogP contribution in [-0.4, -0.2) is 52.8 Å². The third-order valence-electron chi connectivity index (χ3n) is 21.7. The summed E-state index contributed by atoms with van der Waals surface area (Å²) < 4.78 is 25.4. The zero-order valence-electron chi connectivity index (χ0n) is 64.4. The summed E-state index contributed by atoms with van der Waals surface area (Å²) in [6.45, 7) is 8.28. The van der Waals surface area contributed by atoms with Gasteiger partial charge in [-0.3, -0.25) is 0 Å². The van der Waals surface area contributed by atoms with E-state index >= 15 is 0 Å². The monoisotopic (exact) mass is 1820 g/mol. The van der Waals surface area contributed by atoms with E-state index in [1.165, 1.54) is 50.2 Å². The first-order valence-electron chi connectivity index (χ1n) is 38.9. The Kier molecular flexibility index (Phi) is 21.2. The van der Waals surface area contributed by atoms with Crippen LogP contribution in [0, 0.1) is 3.57 Å². The van der Waals surface area contributed by atoms with Crippen LogP contribution in [0.4, 0.5) is 0 Å². The molecule has 0 spiro atoms. The highest BCUT2D eigenvalue weighted by Gasteiger charge is 2.52. The number of hydrogen-bond acceptors (Lipinski definition) is 11. The number of para-hydroxylation sites is 2. The summed E-state index contributed by atoms with van der Waals surface area (Å²) in [6, 6.07) is 124. The van der Waals surface area contributed by atoms with Gasteiger partial charge in [-0.2, -0.15) is 0 Å².